The summed E-state index contributed by atoms with van der Waals surface area (Å²) in [5.41, 5.74) is 4.85. The monoisotopic (exact) mass is 976 g/mol. The molecule has 4 N–H and O–H groups in total. The summed E-state index contributed by atoms with van der Waals surface area (Å²) >= 11 is 21.7. The molecule has 0 fully saturated rings. The highest BCUT2D eigenvalue weighted by Crippen LogP contribution is 2.39. The number of aromatic nitrogens is 4. The van der Waals surface area contributed by atoms with Crippen LogP contribution in [0.2, 0.25) is 10.0 Å². The van der Waals surface area contributed by atoms with Crippen LogP contribution in [0, 0.1) is 0 Å². The first kappa shape index (κ1) is 45.1. The van der Waals surface area contributed by atoms with Crippen molar-refractivity contribution in [2.24, 2.45) is 0 Å². The van der Waals surface area contributed by atoms with Gasteiger partial charge in [0.25, 0.3) is 26.0 Å². The molecule has 0 saturated heterocycles. The highest BCUT2D eigenvalue weighted by atomic mass is 79.9. The number of anilines is 6. The van der Waals surface area contributed by atoms with Gasteiger partial charge in [0, 0.05) is 27.9 Å². The van der Waals surface area contributed by atoms with E-state index in [0.29, 0.717) is 32.8 Å². The Labute approximate surface area is 358 Å². The van der Waals surface area contributed by atoms with Crippen molar-refractivity contribution < 1.29 is 36.3 Å². The maximum atomic E-state index is 12.5. The van der Waals surface area contributed by atoms with Gasteiger partial charge in [-0.2, -0.15) is 0 Å². The van der Waals surface area contributed by atoms with E-state index in [1.54, 1.807) is 48.5 Å². The molecule has 0 bridgehead atoms. The first-order valence-electron chi connectivity index (χ1n) is 15.2. The lowest BCUT2D eigenvalue weighted by Crippen LogP contribution is -2.35. The fraction of sp³-hybridized carbons (Fsp3) is 0.0909. The second-order valence-electron chi connectivity index (χ2n) is 10.6. The lowest BCUT2D eigenvalue weighted by atomic mass is 10.2. The molecule has 0 unspecified atom stereocenters. The highest BCUT2D eigenvalue weighted by Gasteiger charge is 2.29. The number of ether oxygens (including phenoxy) is 1. The molecule has 57 heavy (non-hydrogen) atoms. The molecule has 0 aliphatic carbocycles. The Hall–Kier alpha value is -4.61. The molecule has 6 aromatic rings. The van der Waals surface area contributed by atoms with Crippen molar-refractivity contribution >= 4 is 138 Å². The molecule has 0 atom stereocenters. The van der Waals surface area contributed by atoms with Gasteiger partial charge in [-0.1, -0.05) is 81.4 Å². The second-order valence-corrected chi connectivity index (χ2v) is 17.5. The van der Waals surface area contributed by atoms with E-state index in [1.807, 2.05) is 0 Å². The van der Waals surface area contributed by atoms with Crippen LogP contribution in [-0.4, -0.2) is 65.4 Å². The average Bonchev–Trinajstić information content (AvgIpc) is 3.87. The standard InChI is InChI=1S/C16H11ClN4O4S2.C14H11ClN4O3S2.C2H2BrClO.CH4/c17-10-2-1-3-11(6-10)21-13-5-4-12(7-14(13)25-8-15(21)22)27(23,24)20-16-19-18-9-26-16;15-9-2-1-3-10(6-9)17-12-5-4-11(7-13(12)20)24(21,22)19-14-18-16-8-23-14;3-1-2(4)5;/h1-7,9H,8H2,(H,19,20);1-8,17,20H,(H,18,19);1H2;1H4. The number of hydrogen-bond donors (Lipinski definition) is 4. The van der Waals surface area contributed by atoms with E-state index in [1.165, 1.54) is 46.3 Å². The van der Waals surface area contributed by atoms with Gasteiger partial charge < -0.3 is 15.2 Å². The van der Waals surface area contributed by atoms with Crippen molar-refractivity contribution in [2.75, 3.05) is 31.6 Å². The largest absolute Gasteiger partial charge is 0.506 e. The number of hydrogen-bond acceptors (Lipinski definition) is 15. The number of phenolic OH excluding ortho intramolecular Hbond substituents is 1. The van der Waals surface area contributed by atoms with Crippen molar-refractivity contribution in [2.45, 2.75) is 17.2 Å². The summed E-state index contributed by atoms with van der Waals surface area (Å²) in [6.07, 6.45) is 0. The first-order chi connectivity index (χ1) is 26.6. The highest BCUT2D eigenvalue weighted by molar-refractivity contribution is 9.09. The van der Waals surface area contributed by atoms with Crippen LogP contribution >= 0.6 is 73.4 Å². The Bertz CT molecular complexity index is 2560. The van der Waals surface area contributed by atoms with Crippen LogP contribution < -0.4 is 24.4 Å². The third-order valence-corrected chi connectivity index (χ3v) is 12.4. The molecule has 0 radical (unpaired) electrons. The van der Waals surface area contributed by atoms with E-state index in [9.17, 15) is 31.5 Å². The third kappa shape index (κ3) is 12.4. The zero-order valence-corrected chi connectivity index (χ0v) is 35.0. The second kappa shape index (κ2) is 20.2. The van der Waals surface area contributed by atoms with Gasteiger partial charge in [-0.3, -0.25) is 23.9 Å². The minimum Gasteiger partial charge on any atom is -0.506 e. The summed E-state index contributed by atoms with van der Waals surface area (Å²) in [6, 6.07) is 22.0. The molecule has 0 spiro atoms. The molecule has 3 heterocycles. The zero-order valence-electron chi connectivity index (χ0n) is 27.8. The number of carbonyl (C=O) groups is 2. The molecule has 1 amide bonds. The van der Waals surface area contributed by atoms with E-state index in [-0.39, 0.29) is 62.1 Å². The number of phenols is 1. The molecule has 1 aliphatic heterocycles. The maximum absolute atomic E-state index is 12.5. The minimum atomic E-state index is -3.87. The van der Waals surface area contributed by atoms with Crippen LogP contribution in [0.15, 0.2) is 106 Å². The Balaban J connectivity index is 0.000000224. The summed E-state index contributed by atoms with van der Waals surface area (Å²) in [4.78, 5) is 23.2. The number of amides is 1. The smallest absolute Gasteiger partial charge is 0.269 e. The van der Waals surface area contributed by atoms with Gasteiger partial charge in [0.15, 0.2) is 6.61 Å². The van der Waals surface area contributed by atoms with Gasteiger partial charge in [-0.15, -0.1) is 20.4 Å². The summed E-state index contributed by atoms with van der Waals surface area (Å²) in [7, 11) is -7.72. The Morgan fingerprint density at radius 1 is 0.842 bits per heavy atom. The fourth-order valence-corrected chi connectivity index (χ4v) is 8.28. The lowest BCUT2D eigenvalue weighted by Gasteiger charge is -2.29. The van der Waals surface area contributed by atoms with Crippen molar-refractivity contribution in [3.05, 3.63) is 106 Å². The fourth-order valence-electron chi connectivity index (χ4n) is 4.49. The number of aromatic hydroxyl groups is 1. The molecule has 2 aromatic heterocycles. The maximum Gasteiger partial charge on any atom is 0.269 e. The van der Waals surface area contributed by atoms with Gasteiger partial charge in [0.1, 0.15) is 22.5 Å². The van der Waals surface area contributed by atoms with Gasteiger partial charge in [-0.25, -0.2) is 16.8 Å². The number of sulfonamides is 2. The van der Waals surface area contributed by atoms with Gasteiger partial charge in [-0.05, 0) is 72.3 Å². The van der Waals surface area contributed by atoms with Crippen LogP contribution in [-0.2, 0) is 29.6 Å². The number of nitrogens with one attached hydrogen (secondary N) is 3. The molecule has 7 rings (SSSR count). The minimum absolute atomic E-state index is 0. The normalized spacial score (nSPS) is 11.9. The van der Waals surface area contributed by atoms with Gasteiger partial charge in [0.05, 0.1) is 32.2 Å². The van der Waals surface area contributed by atoms with Crippen LogP contribution in [0.1, 0.15) is 7.43 Å². The van der Waals surface area contributed by atoms with Gasteiger partial charge in [0.2, 0.25) is 15.5 Å². The van der Waals surface area contributed by atoms with Crippen molar-refractivity contribution in [3.63, 3.8) is 0 Å². The number of halogens is 4. The van der Waals surface area contributed by atoms with Crippen molar-refractivity contribution in [3.8, 4) is 11.5 Å². The predicted octanol–water partition coefficient (Wildman–Crippen LogP) is 8.27. The number of benzene rings is 4. The van der Waals surface area contributed by atoms with Crippen LogP contribution in [0.25, 0.3) is 0 Å². The van der Waals surface area contributed by atoms with Crippen molar-refractivity contribution in [1.29, 1.82) is 0 Å². The average molecular weight is 979 g/mol. The Morgan fingerprint density at radius 2 is 1.40 bits per heavy atom. The lowest BCUT2D eigenvalue weighted by molar-refractivity contribution is -0.120. The first-order valence-corrected chi connectivity index (χ1v) is 22.2. The van der Waals surface area contributed by atoms with E-state index >= 15 is 0 Å². The Kier molecular flexibility index (Phi) is 16.0. The molecule has 1 aliphatic rings. The number of carbonyl (C=O) groups excluding carboxylic acids is 2. The third-order valence-electron chi connectivity index (χ3n) is 6.80. The molecular formula is C33H28BrCl3N8O8S4. The number of nitrogens with zero attached hydrogens (tertiary/aromatic N) is 5. The Morgan fingerprint density at radius 3 is 1.93 bits per heavy atom. The molecule has 0 saturated carbocycles. The summed E-state index contributed by atoms with van der Waals surface area (Å²) in [5, 5.41) is 28.7. The molecule has 24 heteroatoms. The number of alkyl halides is 1. The molecular weight excluding hydrogens is 951 g/mol. The summed E-state index contributed by atoms with van der Waals surface area (Å²) in [5.74, 6) is -0.225. The van der Waals surface area contributed by atoms with E-state index in [2.05, 4.69) is 51.1 Å². The number of fused-ring (bicyclic) bond motifs is 1. The zero-order chi connectivity index (χ0) is 40.5. The quantitative estimate of drug-likeness (QED) is 0.0577. The van der Waals surface area contributed by atoms with Crippen LogP contribution in [0.4, 0.5) is 33.0 Å². The van der Waals surface area contributed by atoms with Crippen LogP contribution in [0.5, 0.6) is 11.5 Å². The molecule has 300 valence electrons. The summed E-state index contributed by atoms with van der Waals surface area (Å²) in [6.45, 7) is -0.215. The van der Waals surface area contributed by atoms with Crippen LogP contribution in [0.3, 0.4) is 0 Å². The summed E-state index contributed by atoms with van der Waals surface area (Å²) < 4.78 is 59.6. The van der Waals surface area contributed by atoms with Crippen molar-refractivity contribution in [1.82, 2.24) is 20.4 Å². The number of rotatable bonds is 10. The van der Waals surface area contributed by atoms with E-state index in [4.69, 9.17) is 39.5 Å². The molecule has 16 nitrogen and oxygen atoms in total. The van der Waals surface area contributed by atoms with Gasteiger partial charge >= 0.3 is 0 Å². The predicted molar refractivity (Wildman–Crippen MR) is 226 cm³/mol. The van der Waals surface area contributed by atoms with E-state index < -0.39 is 20.0 Å². The SMILES string of the molecule is C.O=C(Cl)CBr.O=C1COc2cc(S(=O)(=O)Nc3nncs3)ccc2N1c1cccc(Cl)c1.O=S(=O)(Nc1nncs1)c1ccc(Nc2cccc(Cl)c2)c(O)c1. The van der Waals surface area contributed by atoms with E-state index in [0.717, 1.165) is 28.7 Å². The topological polar surface area (TPSA) is 223 Å². The molecule has 4 aromatic carbocycles.